The highest BCUT2D eigenvalue weighted by Gasteiger charge is 2.16. The highest BCUT2D eigenvalue weighted by atomic mass is 16.5. The first kappa shape index (κ1) is 12.7. The molecule has 0 spiro atoms. The predicted molar refractivity (Wildman–Crippen MR) is 71.0 cm³/mol. The minimum absolute atomic E-state index is 0.0561. The predicted octanol–water partition coefficient (Wildman–Crippen LogP) is 2.00. The summed E-state index contributed by atoms with van der Waals surface area (Å²) < 4.78 is 12.6. The van der Waals surface area contributed by atoms with Gasteiger partial charge >= 0.3 is 0 Å². The summed E-state index contributed by atoms with van der Waals surface area (Å²) in [5.41, 5.74) is 7.92. The van der Waals surface area contributed by atoms with Crippen LogP contribution < -0.4 is 15.2 Å². The molecule has 2 aromatic rings. The van der Waals surface area contributed by atoms with Gasteiger partial charge in [-0.25, -0.2) is 4.98 Å². The fourth-order valence-corrected chi connectivity index (χ4v) is 2.05. The van der Waals surface area contributed by atoms with Crippen LogP contribution in [0.4, 0.5) is 0 Å². The number of nitrogens with two attached hydrogens (primary N) is 1. The molecule has 1 aromatic carbocycles. The van der Waals surface area contributed by atoms with E-state index in [1.807, 2.05) is 30.7 Å². The number of imidazole rings is 1. The van der Waals surface area contributed by atoms with Crippen molar-refractivity contribution < 1.29 is 9.47 Å². The van der Waals surface area contributed by atoms with Gasteiger partial charge in [-0.1, -0.05) is 6.92 Å². The number of rotatable bonds is 4. The van der Waals surface area contributed by atoms with E-state index in [0.29, 0.717) is 11.5 Å². The molecule has 18 heavy (non-hydrogen) atoms. The van der Waals surface area contributed by atoms with Gasteiger partial charge in [-0.05, 0) is 6.42 Å². The maximum atomic E-state index is 6.05. The molecule has 0 saturated carbocycles. The molecule has 1 unspecified atom stereocenters. The number of benzene rings is 1. The first-order valence-electron chi connectivity index (χ1n) is 5.96. The van der Waals surface area contributed by atoms with Crippen LogP contribution in [0.5, 0.6) is 11.5 Å². The van der Waals surface area contributed by atoms with Crippen molar-refractivity contribution in [2.24, 2.45) is 12.8 Å². The van der Waals surface area contributed by atoms with Crippen LogP contribution in [0.2, 0.25) is 0 Å². The topological polar surface area (TPSA) is 62.3 Å². The van der Waals surface area contributed by atoms with Gasteiger partial charge in [0.1, 0.15) is 5.82 Å². The zero-order valence-electron chi connectivity index (χ0n) is 11.2. The van der Waals surface area contributed by atoms with Gasteiger partial charge in [0.2, 0.25) is 0 Å². The second-order valence-corrected chi connectivity index (χ2v) is 4.24. The summed E-state index contributed by atoms with van der Waals surface area (Å²) in [7, 11) is 5.20. The lowest BCUT2D eigenvalue weighted by atomic mass is 10.2. The van der Waals surface area contributed by atoms with E-state index in [1.165, 1.54) is 0 Å². The van der Waals surface area contributed by atoms with Crippen molar-refractivity contribution in [2.75, 3.05) is 14.2 Å². The number of hydrogen-bond acceptors (Lipinski definition) is 4. The van der Waals surface area contributed by atoms with Crippen LogP contribution in [0.25, 0.3) is 11.0 Å². The number of aryl methyl sites for hydroxylation is 1. The number of ether oxygens (including phenoxy) is 2. The molecule has 0 aliphatic rings. The van der Waals surface area contributed by atoms with Crippen LogP contribution in [-0.4, -0.2) is 23.8 Å². The first-order valence-corrected chi connectivity index (χ1v) is 5.96. The second kappa shape index (κ2) is 4.86. The second-order valence-electron chi connectivity index (χ2n) is 4.24. The lowest BCUT2D eigenvalue weighted by molar-refractivity contribution is 0.355. The van der Waals surface area contributed by atoms with Crippen LogP contribution in [-0.2, 0) is 7.05 Å². The third kappa shape index (κ3) is 1.90. The van der Waals surface area contributed by atoms with Crippen molar-refractivity contribution in [1.29, 1.82) is 0 Å². The fraction of sp³-hybridized carbons (Fsp3) is 0.462. The average molecular weight is 249 g/mol. The Kier molecular flexibility index (Phi) is 3.43. The molecule has 0 fully saturated rings. The molecular weight excluding hydrogens is 230 g/mol. The molecule has 0 radical (unpaired) electrons. The van der Waals surface area contributed by atoms with Crippen LogP contribution in [0.15, 0.2) is 12.1 Å². The van der Waals surface area contributed by atoms with E-state index < -0.39 is 0 Å². The lowest BCUT2D eigenvalue weighted by Crippen LogP contribution is -2.14. The van der Waals surface area contributed by atoms with E-state index in [-0.39, 0.29) is 6.04 Å². The summed E-state index contributed by atoms with van der Waals surface area (Å²) in [5, 5.41) is 0. The van der Waals surface area contributed by atoms with Gasteiger partial charge in [0.25, 0.3) is 0 Å². The van der Waals surface area contributed by atoms with Crippen molar-refractivity contribution >= 4 is 11.0 Å². The standard InChI is InChI=1S/C13H19N3O2/c1-5-8(14)13-15-9-6-11(17-3)12(18-4)7-10(9)16(13)2/h6-8H,5,14H2,1-4H3. The van der Waals surface area contributed by atoms with Gasteiger partial charge < -0.3 is 19.8 Å². The van der Waals surface area contributed by atoms with E-state index in [1.54, 1.807) is 14.2 Å². The number of aromatic nitrogens is 2. The van der Waals surface area contributed by atoms with Gasteiger partial charge in [-0.2, -0.15) is 0 Å². The lowest BCUT2D eigenvalue weighted by Gasteiger charge is -2.09. The fourth-order valence-electron chi connectivity index (χ4n) is 2.05. The Hall–Kier alpha value is -1.75. The number of methoxy groups -OCH3 is 2. The maximum absolute atomic E-state index is 6.05. The first-order chi connectivity index (χ1) is 8.62. The monoisotopic (exact) mass is 249 g/mol. The number of nitrogens with zero attached hydrogens (tertiary/aromatic N) is 2. The Morgan fingerprint density at radius 2 is 1.89 bits per heavy atom. The Bertz CT molecular complexity index is 563. The molecule has 1 heterocycles. The Labute approximate surface area is 107 Å². The van der Waals surface area contributed by atoms with Crippen molar-refractivity contribution in [3.63, 3.8) is 0 Å². The molecule has 0 aliphatic carbocycles. The highest BCUT2D eigenvalue weighted by molar-refractivity contribution is 5.80. The molecule has 5 heteroatoms. The van der Waals surface area contributed by atoms with Gasteiger partial charge in [0.05, 0.1) is 31.3 Å². The minimum atomic E-state index is -0.0561. The highest BCUT2D eigenvalue weighted by Crippen LogP contribution is 2.32. The van der Waals surface area contributed by atoms with Gasteiger partial charge in [-0.3, -0.25) is 0 Å². The zero-order valence-corrected chi connectivity index (χ0v) is 11.2. The summed E-state index contributed by atoms with van der Waals surface area (Å²) in [5.74, 6) is 2.26. The Balaban J connectivity index is 2.65. The molecule has 0 amide bonds. The summed E-state index contributed by atoms with van der Waals surface area (Å²) in [4.78, 5) is 4.57. The van der Waals surface area contributed by atoms with E-state index in [9.17, 15) is 0 Å². The van der Waals surface area contributed by atoms with Crippen LogP contribution in [0, 0.1) is 0 Å². The summed E-state index contributed by atoms with van der Waals surface area (Å²) in [6, 6.07) is 3.74. The molecule has 1 aromatic heterocycles. The molecule has 1 atom stereocenters. The normalized spacial score (nSPS) is 12.7. The summed E-state index contributed by atoms with van der Waals surface area (Å²) >= 11 is 0. The third-order valence-electron chi connectivity index (χ3n) is 3.19. The van der Waals surface area contributed by atoms with Gasteiger partial charge in [-0.15, -0.1) is 0 Å². The van der Waals surface area contributed by atoms with Crippen LogP contribution in [0.3, 0.4) is 0 Å². The molecule has 0 saturated heterocycles. The van der Waals surface area contributed by atoms with Gasteiger partial charge in [0.15, 0.2) is 11.5 Å². The molecular formula is C13H19N3O2. The van der Waals surface area contributed by atoms with Crippen LogP contribution in [0.1, 0.15) is 25.2 Å². The molecule has 98 valence electrons. The van der Waals surface area contributed by atoms with Crippen molar-refractivity contribution in [3.8, 4) is 11.5 Å². The zero-order chi connectivity index (χ0) is 13.3. The summed E-state index contributed by atoms with van der Waals surface area (Å²) in [6.07, 6.45) is 0.853. The van der Waals surface area contributed by atoms with Crippen molar-refractivity contribution in [1.82, 2.24) is 9.55 Å². The Morgan fingerprint density at radius 3 is 2.44 bits per heavy atom. The number of fused-ring (bicyclic) bond motifs is 1. The quantitative estimate of drug-likeness (QED) is 0.900. The largest absolute Gasteiger partial charge is 0.493 e. The van der Waals surface area contributed by atoms with E-state index in [2.05, 4.69) is 4.98 Å². The average Bonchev–Trinajstić information content (AvgIpc) is 2.73. The van der Waals surface area contributed by atoms with Crippen LogP contribution >= 0.6 is 0 Å². The van der Waals surface area contributed by atoms with Gasteiger partial charge in [0, 0.05) is 19.2 Å². The number of hydrogen-bond donors (Lipinski definition) is 1. The van der Waals surface area contributed by atoms with E-state index in [0.717, 1.165) is 23.3 Å². The molecule has 0 bridgehead atoms. The smallest absolute Gasteiger partial charge is 0.163 e. The maximum Gasteiger partial charge on any atom is 0.163 e. The van der Waals surface area contributed by atoms with E-state index in [4.69, 9.17) is 15.2 Å². The molecule has 2 N–H and O–H groups in total. The minimum Gasteiger partial charge on any atom is -0.493 e. The van der Waals surface area contributed by atoms with Crippen molar-refractivity contribution in [2.45, 2.75) is 19.4 Å². The van der Waals surface area contributed by atoms with E-state index >= 15 is 0 Å². The molecule has 5 nitrogen and oxygen atoms in total. The Morgan fingerprint density at radius 1 is 1.28 bits per heavy atom. The third-order valence-corrected chi connectivity index (χ3v) is 3.19. The molecule has 2 rings (SSSR count). The summed E-state index contributed by atoms with van der Waals surface area (Å²) in [6.45, 7) is 2.05. The van der Waals surface area contributed by atoms with Crippen molar-refractivity contribution in [3.05, 3.63) is 18.0 Å². The molecule has 0 aliphatic heterocycles. The SMILES string of the molecule is CCC(N)c1nc2cc(OC)c(OC)cc2n1C.